The van der Waals surface area contributed by atoms with Crippen LogP contribution in [0.1, 0.15) is 6.92 Å². The average Bonchev–Trinajstić information content (AvgIpc) is 3.15. The van der Waals surface area contributed by atoms with Crippen molar-refractivity contribution in [2.24, 2.45) is 0 Å². The molecule has 12 heteroatoms. The molecule has 3 rings (SSSR count). The molecule has 9 nitrogen and oxygen atoms in total. The molecule has 0 aliphatic carbocycles. The number of benzene rings is 2. The van der Waals surface area contributed by atoms with Crippen LogP contribution in [0.5, 0.6) is 0 Å². The highest BCUT2D eigenvalue weighted by Crippen LogP contribution is 2.26. The lowest BCUT2D eigenvalue weighted by Gasteiger charge is -2.07. The fraction of sp³-hybridized carbons (Fsp3) is 0.105. The molecule has 0 atom stereocenters. The maximum atomic E-state index is 12.9. The third-order valence-electron chi connectivity index (χ3n) is 3.52. The Morgan fingerprint density at radius 1 is 0.935 bits per heavy atom. The van der Waals surface area contributed by atoms with Gasteiger partial charge in [0.25, 0.3) is 0 Å². The van der Waals surface area contributed by atoms with E-state index in [2.05, 4.69) is 31.5 Å². The number of anilines is 4. The van der Waals surface area contributed by atoms with Crippen molar-refractivity contribution in [1.82, 2.24) is 10.2 Å². The topological polar surface area (TPSA) is 125 Å². The summed E-state index contributed by atoms with van der Waals surface area (Å²) in [4.78, 5) is 35.2. The number of carbonyl (C=O) groups is 3. The number of urea groups is 1. The first-order chi connectivity index (χ1) is 14.9. The highest BCUT2D eigenvalue weighted by Gasteiger charge is 2.11. The number of hydrogen-bond donors (Lipinski definition) is 4. The minimum atomic E-state index is -0.545. The van der Waals surface area contributed by atoms with Gasteiger partial charge in [-0.2, -0.15) is 0 Å². The Labute approximate surface area is 184 Å². The molecule has 0 aliphatic rings. The molecular weight excluding hydrogens is 443 g/mol. The minimum Gasteiger partial charge on any atom is -0.326 e. The van der Waals surface area contributed by atoms with Crippen LogP contribution in [-0.4, -0.2) is 33.8 Å². The summed E-state index contributed by atoms with van der Waals surface area (Å²) in [7, 11) is 0. The summed E-state index contributed by atoms with van der Waals surface area (Å²) in [5, 5.41) is 18.5. The molecule has 4 amide bonds. The number of thioether (sulfide) groups is 1. The molecule has 160 valence electrons. The molecule has 0 radical (unpaired) electrons. The molecule has 0 saturated heterocycles. The van der Waals surface area contributed by atoms with E-state index in [-0.39, 0.29) is 22.7 Å². The molecule has 0 fully saturated rings. The molecule has 1 heterocycles. The first kappa shape index (κ1) is 22.2. The Morgan fingerprint density at radius 3 is 2.35 bits per heavy atom. The van der Waals surface area contributed by atoms with Crippen molar-refractivity contribution in [2.45, 2.75) is 11.3 Å². The second kappa shape index (κ2) is 10.5. The zero-order valence-corrected chi connectivity index (χ0v) is 17.8. The Morgan fingerprint density at radius 2 is 1.65 bits per heavy atom. The van der Waals surface area contributed by atoms with Gasteiger partial charge in [-0.1, -0.05) is 29.2 Å². The van der Waals surface area contributed by atoms with E-state index in [0.29, 0.717) is 21.4 Å². The predicted molar refractivity (Wildman–Crippen MR) is 119 cm³/mol. The fourth-order valence-corrected chi connectivity index (χ4v) is 3.86. The molecule has 0 unspecified atom stereocenters. The van der Waals surface area contributed by atoms with E-state index in [0.717, 1.165) is 11.3 Å². The Bertz CT molecular complexity index is 1090. The summed E-state index contributed by atoms with van der Waals surface area (Å²) >= 11 is 2.28. The monoisotopic (exact) mass is 460 g/mol. The van der Waals surface area contributed by atoms with Crippen molar-refractivity contribution < 1.29 is 18.8 Å². The second-order valence-corrected chi connectivity index (χ2v) is 8.26. The highest BCUT2D eigenvalue weighted by molar-refractivity contribution is 8.01. The largest absolute Gasteiger partial charge is 0.326 e. The van der Waals surface area contributed by atoms with Gasteiger partial charge in [0.1, 0.15) is 5.82 Å². The number of nitrogens with one attached hydrogen (secondary N) is 4. The van der Waals surface area contributed by atoms with E-state index in [1.807, 2.05) is 0 Å². The standard InChI is InChI=1S/C19H17FN6O3S2/c1-11(27)21-14-3-2-4-15(9-14)22-16(28)10-30-19-26-25-18(31-19)24-17(29)23-13-7-5-12(20)6-8-13/h2-9H,10H2,1H3,(H,21,27)(H,22,28)(H2,23,24,25,29). The molecule has 2 aromatic carbocycles. The number of rotatable bonds is 7. The van der Waals surface area contributed by atoms with Gasteiger partial charge in [0.15, 0.2) is 4.34 Å². The van der Waals surface area contributed by atoms with Crippen LogP contribution in [0.25, 0.3) is 0 Å². The van der Waals surface area contributed by atoms with Crippen molar-refractivity contribution in [3.05, 3.63) is 54.3 Å². The molecule has 31 heavy (non-hydrogen) atoms. The van der Waals surface area contributed by atoms with Crippen LogP contribution in [0.2, 0.25) is 0 Å². The van der Waals surface area contributed by atoms with Crippen LogP contribution in [0, 0.1) is 5.82 Å². The number of nitrogens with zero attached hydrogens (tertiary/aromatic N) is 2. The van der Waals surface area contributed by atoms with E-state index in [4.69, 9.17) is 0 Å². The van der Waals surface area contributed by atoms with Crippen molar-refractivity contribution in [3.63, 3.8) is 0 Å². The van der Waals surface area contributed by atoms with Gasteiger partial charge in [0, 0.05) is 24.0 Å². The second-order valence-electron chi connectivity index (χ2n) is 6.06. The Balaban J connectivity index is 1.46. The van der Waals surface area contributed by atoms with Crippen LogP contribution in [-0.2, 0) is 9.59 Å². The van der Waals surface area contributed by atoms with Crippen LogP contribution in [0.3, 0.4) is 0 Å². The predicted octanol–water partition coefficient (Wildman–Crippen LogP) is 4.01. The van der Waals surface area contributed by atoms with Gasteiger partial charge in [-0.15, -0.1) is 10.2 Å². The first-order valence-electron chi connectivity index (χ1n) is 8.85. The molecule has 0 bridgehead atoms. The quantitative estimate of drug-likeness (QED) is 0.312. The van der Waals surface area contributed by atoms with E-state index in [9.17, 15) is 18.8 Å². The number of halogens is 1. The molecule has 0 aliphatic heterocycles. The first-order valence-corrected chi connectivity index (χ1v) is 10.6. The van der Waals surface area contributed by atoms with Crippen LogP contribution >= 0.6 is 23.1 Å². The summed E-state index contributed by atoms with van der Waals surface area (Å²) in [6, 6.07) is 11.6. The summed E-state index contributed by atoms with van der Waals surface area (Å²) < 4.78 is 13.4. The van der Waals surface area contributed by atoms with Crippen LogP contribution < -0.4 is 21.3 Å². The molecular formula is C19H17FN6O3S2. The number of amides is 4. The molecule has 4 N–H and O–H groups in total. The van der Waals surface area contributed by atoms with Crippen molar-refractivity contribution in [1.29, 1.82) is 0 Å². The smallest absolute Gasteiger partial charge is 0.325 e. The van der Waals surface area contributed by atoms with E-state index in [1.54, 1.807) is 24.3 Å². The summed E-state index contributed by atoms with van der Waals surface area (Å²) in [6.07, 6.45) is 0. The van der Waals surface area contributed by atoms with Gasteiger partial charge in [-0.25, -0.2) is 9.18 Å². The van der Waals surface area contributed by atoms with Crippen LogP contribution in [0.15, 0.2) is 52.9 Å². The zero-order valence-electron chi connectivity index (χ0n) is 16.1. The van der Waals surface area contributed by atoms with Gasteiger partial charge in [0.05, 0.1) is 5.75 Å². The molecule has 0 spiro atoms. The van der Waals surface area contributed by atoms with Gasteiger partial charge in [-0.05, 0) is 42.5 Å². The minimum absolute atomic E-state index is 0.0841. The number of carbonyl (C=O) groups excluding carboxylic acids is 3. The third kappa shape index (κ3) is 7.35. The molecule has 0 saturated carbocycles. The van der Waals surface area contributed by atoms with Gasteiger partial charge in [0.2, 0.25) is 16.9 Å². The maximum Gasteiger partial charge on any atom is 0.325 e. The molecule has 3 aromatic rings. The van der Waals surface area contributed by atoms with Crippen molar-refractivity contribution in [2.75, 3.05) is 27.0 Å². The maximum absolute atomic E-state index is 12.9. The fourth-order valence-electron chi connectivity index (χ4n) is 2.31. The SMILES string of the molecule is CC(=O)Nc1cccc(NC(=O)CSc2nnc(NC(=O)Nc3ccc(F)cc3)s2)c1. The van der Waals surface area contributed by atoms with Gasteiger partial charge < -0.3 is 16.0 Å². The van der Waals surface area contributed by atoms with E-state index < -0.39 is 11.8 Å². The lowest BCUT2D eigenvalue weighted by molar-refractivity contribution is -0.114. The number of aromatic nitrogens is 2. The van der Waals surface area contributed by atoms with Crippen molar-refractivity contribution >= 4 is 63.1 Å². The lowest BCUT2D eigenvalue weighted by atomic mass is 10.2. The summed E-state index contributed by atoms with van der Waals surface area (Å²) in [5.74, 6) is -0.781. The van der Waals surface area contributed by atoms with Crippen LogP contribution in [0.4, 0.5) is 31.4 Å². The summed E-state index contributed by atoms with van der Waals surface area (Å²) in [6.45, 7) is 1.40. The molecule has 1 aromatic heterocycles. The van der Waals surface area contributed by atoms with Gasteiger partial charge in [-0.3, -0.25) is 14.9 Å². The average molecular weight is 461 g/mol. The lowest BCUT2D eigenvalue weighted by Crippen LogP contribution is -2.19. The van der Waals surface area contributed by atoms with Crippen molar-refractivity contribution in [3.8, 4) is 0 Å². The van der Waals surface area contributed by atoms with Gasteiger partial charge >= 0.3 is 6.03 Å². The normalized spacial score (nSPS) is 10.3. The number of hydrogen-bond acceptors (Lipinski definition) is 7. The third-order valence-corrected chi connectivity index (χ3v) is 5.49. The highest BCUT2D eigenvalue weighted by atomic mass is 32.2. The van der Waals surface area contributed by atoms with E-state index in [1.165, 1.54) is 43.0 Å². The summed E-state index contributed by atoms with van der Waals surface area (Å²) in [5.41, 5.74) is 1.56. The Kier molecular flexibility index (Phi) is 7.51. The Hall–Kier alpha value is -3.51. The van der Waals surface area contributed by atoms with E-state index >= 15 is 0 Å². The zero-order chi connectivity index (χ0) is 22.2.